The highest BCUT2D eigenvalue weighted by atomic mass is 28.3. The number of alkyl halides is 3. The number of aryl methyl sites for hydroxylation is 1. The number of hydrogen-bond donors (Lipinski definition) is 0. The number of benzene rings is 1. The third kappa shape index (κ3) is 7.11. The summed E-state index contributed by atoms with van der Waals surface area (Å²) >= 11 is 0. The van der Waals surface area contributed by atoms with Gasteiger partial charge in [-0.05, 0) is 51.8 Å². The van der Waals surface area contributed by atoms with Crippen LogP contribution in [0.15, 0.2) is 24.3 Å². The van der Waals surface area contributed by atoms with Crippen molar-refractivity contribution in [1.82, 2.24) is 0 Å². The Morgan fingerprint density at radius 3 is 2.10 bits per heavy atom. The van der Waals surface area contributed by atoms with E-state index in [-0.39, 0.29) is 12.2 Å². The van der Waals surface area contributed by atoms with Crippen LogP contribution in [0.1, 0.15) is 38.8 Å². The van der Waals surface area contributed by atoms with Crippen LogP contribution in [0.3, 0.4) is 0 Å². The fraction of sp³-hybridized carbons (Fsp3) is 0.600. The average molecular weight is 320 g/mol. The minimum absolute atomic E-state index is 0.0712. The van der Waals surface area contributed by atoms with E-state index in [1.54, 1.807) is 6.07 Å². The maximum Gasteiger partial charge on any atom is 0.416 e. The lowest BCUT2D eigenvalue weighted by molar-refractivity contribution is -0.137. The summed E-state index contributed by atoms with van der Waals surface area (Å²) in [6.45, 7) is 7.75. The Bertz CT molecular complexity index is 423. The predicted octanol–water partition coefficient (Wildman–Crippen LogP) is 4.32. The summed E-state index contributed by atoms with van der Waals surface area (Å²) in [4.78, 5) is 0. The molecule has 0 bridgehead atoms. The van der Waals surface area contributed by atoms with Gasteiger partial charge in [-0.15, -0.1) is 0 Å². The van der Waals surface area contributed by atoms with E-state index in [4.69, 9.17) is 8.85 Å². The van der Waals surface area contributed by atoms with E-state index in [1.165, 1.54) is 12.1 Å². The Kier molecular flexibility index (Phi) is 6.90. The van der Waals surface area contributed by atoms with Crippen molar-refractivity contribution in [3.8, 4) is 0 Å². The van der Waals surface area contributed by atoms with Gasteiger partial charge in [-0.3, -0.25) is 0 Å². The molecule has 2 nitrogen and oxygen atoms in total. The lowest BCUT2D eigenvalue weighted by Crippen LogP contribution is -2.29. The molecule has 21 heavy (non-hydrogen) atoms. The third-order valence-corrected chi connectivity index (χ3v) is 5.23. The molecule has 0 spiro atoms. The normalized spacial score (nSPS) is 12.7. The molecule has 0 aliphatic carbocycles. The monoisotopic (exact) mass is 320 g/mol. The summed E-state index contributed by atoms with van der Waals surface area (Å²) in [5, 5.41) is 0. The van der Waals surface area contributed by atoms with E-state index in [9.17, 15) is 13.2 Å². The van der Waals surface area contributed by atoms with E-state index >= 15 is 0 Å². The first-order chi connectivity index (χ1) is 9.68. The smallest absolute Gasteiger partial charge is 0.394 e. The van der Waals surface area contributed by atoms with Crippen LogP contribution >= 0.6 is 0 Å². The molecular weight excluding hydrogens is 297 g/mol. The van der Waals surface area contributed by atoms with E-state index in [1.807, 2.05) is 27.7 Å². The van der Waals surface area contributed by atoms with Crippen LogP contribution in [0.25, 0.3) is 0 Å². The molecule has 0 atom stereocenters. The van der Waals surface area contributed by atoms with Gasteiger partial charge in [0.1, 0.15) is 0 Å². The quantitative estimate of drug-likeness (QED) is 0.697. The Labute approximate surface area is 126 Å². The molecule has 1 aromatic rings. The van der Waals surface area contributed by atoms with Crippen LogP contribution in [-0.2, 0) is 21.4 Å². The topological polar surface area (TPSA) is 18.5 Å². The zero-order valence-electron chi connectivity index (χ0n) is 12.9. The largest absolute Gasteiger partial charge is 0.416 e. The second-order valence-corrected chi connectivity index (χ2v) is 7.52. The van der Waals surface area contributed by atoms with Gasteiger partial charge in [0, 0.05) is 12.2 Å². The van der Waals surface area contributed by atoms with Gasteiger partial charge in [-0.1, -0.05) is 18.2 Å². The van der Waals surface area contributed by atoms with Gasteiger partial charge in [-0.25, -0.2) is 0 Å². The molecule has 0 N–H and O–H groups in total. The maximum absolute atomic E-state index is 12.7. The first kappa shape index (κ1) is 18.2. The molecule has 0 heterocycles. The van der Waals surface area contributed by atoms with Gasteiger partial charge in [0.05, 0.1) is 5.56 Å². The van der Waals surface area contributed by atoms with E-state index in [2.05, 4.69) is 0 Å². The summed E-state index contributed by atoms with van der Waals surface area (Å²) in [5.41, 5.74) is 0.0646. The number of halogens is 3. The van der Waals surface area contributed by atoms with Gasteiger partial charge in [0.2, 0.25) is 0 Å². The highest BCUT2D eigenvalue weighted by Crippen LogP contribution is 2.29. The Morgan fingerprint density at radius 2 is 1.62 bits per heavy atom. The molecule has 0 unspecified atom stereocenters. The predicted molar refractivity (Wildman–Crippen MR) is 79.5 cm³/mol. The molecule has 0 amide bonds. The molecule has 6 heteroatoms. The van der Waals surface area contributed by atoms with Crippen molar-refractivity contribution in [2.45, 2.75) is 58.5 Å². The first-order valence-corrected chi connectivity index (χ1v) is 8.91. The molecule has 0 radical (unpaired) electrons. The van der Waals surface area contributed by atoms with E-state index in [0.29, 0.717) is 18.0 Å². The van der Waals surface area contributed by atoms with Crippen molar-refractivity contribution in [3.63, 3.8) is 0 Å². The number of hydrogen-bond acceptors (Lipinski definition) is 2. The Morgan fingerprint density at radius 1 is 1.05 bits per heavy atom. The summed E-state index contributed by atoms with van der Waals surface area (Å²) in [5.74, 6) is 0. The maximum atomic E-state index is 12.7. The van der Waals surface area contributed by atoms with Crippen molar-refractivity contribution < 1.29 is 22.0 Å². The van der Waals surface area contributed by atoms with Crippen LogP contribution in [0.2, 0.25) is 6.04 Å². The van der Waals surface area contributed by atoms with Crippen LogP contribution in [0.5, 0.6) is 0 Å². The first-order valence-electron chi connectivity index (χ1n) is 7.15. The second kappa shape index (κ2) is 7.96. The van der Waals surface area contributed by atoms with Crippen LogP contribution in [-0.4, -0.2) is 21.5 Å². The van der Waals surface area contributed by atoms with Crippen LogP contribution in [0, 0.1) is 0 Å². The molecule has 1 rings (SSSR count). The van der Waals surface area contributed by atoms with Gasteiger partial charge in [0.25, 0.3) is 0 Å². The Balaban J connectivity index is 2.67. The van der Waals surface area contributed by atoms with Crippen LogP contribution in [0.4, 0.5) is 13.2 Å². The van der Waals surface area contributed by atoms with Crippen LogP contribution < -0.4 is 0 Å². The molecule has 0 saturated heterocycles. The molecule has 0 saturated carbocycles. The standard InChI is InChI=1S/C15H23F3O2Si/c1-11(2)19-21(20-12(3)4)9-8-13-6-5-7-14(10-13)15(16,17)18/h5-7,10-12,21H,8-9H2,1-4H3. The molecule has 0 aromatic heterocycles. The minimum Gasteiger partial charge on any atom is -0.394 e. The van der Waals surface area contributed by atoms with E-state index < -0.39 is 21.0 Å². The summed E-state index contributed by atoms with van der Waals surface area (Å²) in [6, 6.07) is 6.12. The highest BCUT2D eigenvalue weighted by molar-refractivity contribution is 6.44. The molecule has 0 aliphatic heterocycles. The molecule has 1 aromatic carbocycles. The molecule has 0 fully saturated rings. The van der Waals surface area contributed by atoms with Gasteiger partial charge in [0.15, 0.2) is 0 Å². The second-order valence-electron chi connectivity index (χ2n) is 5.54. The zero-order chi connectivity index (χ0) is 16.0. The molecule has 120 valence electrons. The van der Waals surface area contributed by atoms with Gasteiger partial charge in [-0.2, -0.15) is 13.2 Å². The molecular formula is C15H23F3O2Si. The summed E-state index contributed by atoms with van der Waals surface area (Å²) < 4.78 is 49.6. The SMILES string of the molecule is CC(C)O[SiH](CCc1cccc(C(F)(F)F)c1)OC(C)C. The highest BCUT2D eigenvalue weighted by Gasteiger charge is 2.30. The zero-order valence-corrected chi connectivity index (χ0v) is 14.1. The minimum atomic E-state index is -4.30. The van der Waals surface area contributed by atoms with E-state index in [0.717, 1.165) is 6.07 Å². The van der Waals surface area contributed by atoms with Crippen molar-refractivity contribution >= 4 is 9.28 Å². The van der Waals surface area contributed by atoms with Crippen molar-refractivity contribution in [1.29, 1.82) is 0 Å². The van der Waals surface area contributed by atoms with Crippen molar-refractivity contribution in [3.05, 3.63) is 35.4 Å². The van der Waals surface area contributed by atoms with Crippen molar-refractivity contribution in [2.24, 2.45) is 0 Å². The summed E-state index contributed by atoms with van der Waals surface area (Å²) in [7, 11) is -1.86. The number of rotatable bonds is 7. The lowest BCUT2D eigenvalue weighted by atomic mass is 10.1. The molecule has 0 aliphatic rings. The van der Waals surface area contributed by atoms with Gasteiger partial charge < -0.3 is 8.85 Å². The lowest BCUT2D eigenvalue weighted by Gasteiger charge is -2.21. The van der Waals surface area contributed by atoms with Crippen molar-refractivity contribution in [2.75, 3.05) is 0 Å². The van der Waals surface area contributed by atoms with Gasteiger partial charge >= 0.3 is 15.5 Å². The third-order valence-electron chi connectivity index (χ3n) is 2.77. The fourth-order valence-electron chi connectivity index (χ4n) is 1.96. The summed E-state index contributed by atoms with van der Waals surface area (Å²) in [6.07, 6.45) is -3.61. The fourth-order valence-corrected chi connectivity index (χ4v) is 4.08. The average Bonchev–Trinajstić information content (AvgIpc) is 2.34. The Hall–Kier alpha value is -0.853.